The number of ether oxygens (including phenoxy) is 1. The van der Waals surface area contributed by atoms with Gasteiger partial charge in [-0.3, -0.25) is 0 Å². The van der Waals surface area contributed by atoms with Gasteiger partial charge in [0.1, 0.15) is 0 Å². The van der Waals surface area contributed by atoms with Gasteiger partial charge in [0.05, 0.1) is 6.10 Å². The molecule has 0 bridgehead atoms. The number of likely N-dealkylation sites (N-methyl/N-ethyl adjacent to an activating group) is 1. The summed E-state index contributed by atoms with van der Waals surface area (Å²) in [6.45, 7) is 8.36. The maximum atomic E-state index is 5.45. The van der Waals surface area contributed by atoms with E-state index in [0.717, 1.165) is 13.2 Å². The van der Waals surface area contributed by atoms with Crippen molar-refractivity contribution in [3.63, 3.8) is 0 Å². The zero-order chi connectivity index (χ0) is 9.68. The minimum Gasteiger partial charge on any atom is -0.377 e. The van der Waals surface area contributed by atoms with Crippen molar-refractivity contribution >= 4 is 0 Å². The van der Waals surface area contributed by atoms with Crippen molar-refractivity contribution in [1.82, 2.24) is 10.2 Å². The summed E-state index contributed by atoms with van der Waals surface area (Å²) in [5, 5.41) is 3.53. The molecule has 0 saturated carbocycles. The Morgan fingerprint density at radius 1 is 1.62 bits per heavy atom. The zero-order valence-electron chi connectivity index (χ0n) is 9.05. The minimum atomic E-state index is 0.343. The molecule has 0 aromatic rings. The molecule has 3 heteroatoms. The fourth-order valence-electron chi connectivity index (χ4n) is 1.78. The predicted octanol–water partition coefficient (Wildman–Crippen LogP) is 0.705. The summed E-state index contributed by atoms with van der Waals surface area (Å²) in [6.07, 6.45) is 1.62. The molecule has 1 fully saturated rings. The van der Waals surface area contributed by atoms with Crippen LogP contribution in [0.4, 0.5) is 0 Å². The van der Waals surface area contributed by atoms with Gasteiger partial charge < -0.3 is 15.0 Å². The van der Waals surface area contributed by atoms with Crippen molar-refractivity contribution in [2.45, 2.75) is 32.4 Å². The van der Waals surface area contributed by atoms with Crippen LogP contribution < -0.4 is 5.32 Å². The van der Waals surface area contributed by atoms with Crippen LogP contribution in [0.2, 0.25) is 0 Å². The molecule has 1 N–H and O–H groups in total. The highest BCUT2D eigenvalue weighted by molar-refractivity contribution is 4.79. The van der Waals surface area contributed by atoms with Crippen LogP contribution in [0.15, 0.2) is 0 Å². The zero-order valence-corrected chi connectivity index (χ0v) is 9.05. The maximum absolute atomic E-state index is 5.45. The molecular weight excluding hydrogens is 164 g/mol. The van der Waals surface area contributed by atoms with E-state index in [1.165, 1.54) is 19.5 Å². The van der Waals surface area contributed by atoms with E-state index in [4.69, 9.17) is 4.74 Å². The Kier molecular flexibility index (Phi) is 4.70. The van der Waals surface area contributed by atoms with Gasteiger partial charge in [0.25, 0.3) is 0 Å². The average molecular weight is 186 g/mol. The van der Waals surface area contributed by atoms with Gasteiger partial charge in [-0.05, 0) is 33.9 Å². The van der Waals surface area contributed by atoms with E-state index in [1.54, 1.807) is 0 Å². The summed E-state index contributed by atoms with van der Waals surface area (Å²) in [5.41, 5.74) is 0. The van der Waals surface area contributed by atoms with Gasteiger partial charge in [-0.2, -0.15) is 0 Å². The van der Waals surface area contributed by atoms with Crippen molar-refractivity contribution in [3.8, 4) is 0 Å². The molecule has 0 spiro atoms. The van der Waals surface area contributed by atoms with E-state index in [1.807, 2.05) is 6.92 Å². The van der Waals surface area contributed by atoms with E-state index in [9.17, 15) is 0 Å². The second kappa shape index (κ2) is 5.58. The second-order valence-electron chi connectivity index (χ2n) is 3.92. The van der Waals surface area contributed by atoms with E-state index in [-0.39, 0.29) is 0 Å². The lowest BCUT2D eigenvalue weighted by atomic mass is 10.2. The Labute approximate surface area is 81.4 Å². The first kappa shape index (κ1) is 11.0. The lowest BCUT2D eigenvalue weighted by molar-refractivity contribution is 0.0741. The first-order valence-electron chi connectivity index (χ1n) is 5.26. The molecule has 0 radical (unpaired) electrons. The Morgan fingerprint density at radius 3 is 2.92 bits per heavy atom. The number of likely N-dealkylation sites (tertiary alicyclic amines) is 1. The highest BCUT2D eigenvalue weighted by atomic mass is 16.5. The summed E-state index contributed by atoms with van der Waals surface area (Å²) >= 11 is 0. The highest BCUT2D eigenvalue weighted by Crippen LogP contribution is 2.05. The fraction of sp³-hybridized carbons (Fsp3) is 1.00. The second-order valence-corrected chi connectivity index (χ2v) is 3.92. The SMILES string of the molecule is CCOC(C)CNC1CCN(C)C1. The molecule has 1 aliphatic rings. The first-order chi connectivity index (χ1) is 6.22. The molecule has 0 aliphatic carbocycles. The molecule has 2 atom stereocenters. The van der Waals surface area contributed by atoms with Crippen molar-refractivity contribution in [1.29, 1.82) is 0 Å². The highest BCUT2D eigenvalue weighted by Gasteiger charge is 2.18. The van der Waals surface area contributed by atoms with Gasteiger partial charge in [-0.15, -0.1) is 0 Å². The third kappa shape index (κ3) is 4.07. The average Bonchev–Trinajstić information content (AvgIpc) is 2.49. The molecule has 1 saturated heterocycles. The van der Waals surface area contributed by atoms with Gasteiger partial charge in [0.15, 0.2) is 0 Å². The molecule has 1 rings (SSSR count). The molecule has 0 amide bonds. The normalized spacial score (nSPS) is 26.5. The van der Waals surface area contributed by atoms with Gasteiger partial charge in [0.2, 0.25) is 0 Å². The molecule has 0 aromatic heterocycles. The largest absolute Gasteiger partial charge is 0.377 e. The molecule has 1 aliphatic heterocycles. The Hall–Kier alpha value is -0.120. The van der Waals surface area contributed by atoms with E-state index >= 15 is 0 Å². The molecule has 13 heavy (non-hydrogen) atoms. The number of hydrogen-bond acceptors (Lipinski definition) is 3. The van der Waals surface area contributed by atoms with Crippen LogP contribution in [0.3, 0.4) is 0 Å². The number of nitrogens with zero attached hydrogens (tertiary/aromatic N) is 1. The van der Waals surface area contributed by atoms with Crippen molar-refractivity contribution in [2.75, 3.05) is 33.3 Å². The standard InChI is InChI=1S/C10H22N2O/c1-4-13-9(2)7-11-10-5-6-12(3)8-10/h9-11H,4-8H2,1-3H3. The van der Waals surface area contributed by atoms with Crippen LogP contribution in [0.5, 0.6) is 0 Å². The van der Waals surface area contributed by atoms with Gasteiger partial charge >= 0.3 is 0 Å². The first-order valence-corrected chi connectivity index (χ1v) is 5.26. The minimum absolute atomic E-state index is 0.343. The summed E-state index contributed by atoms with van der Waals surface area (Å²) in [5.74, 6) is 0. The summed E-state index contributed by atoms with van der Waals surface area (Å²) in [6, 6.07) is 0.674. The third-order valence-corrected chi connectivity index (χ3v) is 2.54. The maximum Gasteiger partial charge on any atom is 0.0671 e. The topological polar surface area (TPSA) is 24.5 Å². The van der Waals surface area contributed by atoms with E-state index < -0.39 is 0 Å². The fourth-order valence-corrected chi connectivity index (χ4v) is 1.78. The van der Waals surface area contributed by atoms with Gasteiger partial charge in [-0.1, -0.05) is 0 Å². The third-order valence-electron chi connectivity index (χ3n) is 2.54. The van der Waals surface area contributed by atoms with Crippen molar-refractivity contribution in [2.24, 2.45) is 0 Å². The number of rotatable bonds is 5. The smallest absolute Gasteiger partial charge is 0.0671 e. The lowest BCUT2D eigenvalue weighted by Gasteiger charge is -2.16. The molecule has 3 nitrogen and oxygen atoms in total. The Balaban J connectivity index is 2.05. The quantitative estimate of drug-likeness (QED) is 0.684. The Bertz CT molecular complexity index is 141. The molecule has 2 unspecified atom stereocenters. The van der Waals surface area contributed by atoms with Crippen LogP contribution >= 0.6 is 0 Å². The van der Waals surface area contributed by atoms with Gasteiger partial charge in [-0.25, -0.2) is 0 Å². The number of hydrogen-bond donors (Lipinski definition) is 1. The van der Waals surface area contributed by atoms with E-state index in [0.29, 0.717) is 12.1 Å². The van der Waals surface area contributed by atoms with Crippen molar-refractivity contribution in [3.05, 3.63) is 0 Å². The lowest BCUT2D eigenvalue weighted by Crippen LogP contribution is -2.37. The van der Waals surface area contributed by atoms with Gasteiger partial charge in [0, 0.05) is 25.7 Å². The molecule has 0 aromatic carbocycles. The van der Waals surface area contributed by atoms with Crippen LogP contribution in [0, 0.1) is 0 Å². The van der Waals surface area contributed by atoms with Crippen molar-refractivity contribution < 1.29 is 4.74 Å². The van der Waals surface area contributed by atoms with Crippen LogP contribution in [0.1, 0.15) is 20.3 Å². The molecule has 78 valence electrons. The summed E-state index contributed by atoms with van der Waals surface area (Å²) < 4.78 is 5.45. The predicted molar refractivity (Wildman–Crippen MR) is 55.0 cm³/mol. The summed E-state index contributed by atoms with van der Waals surface area (Å²) in [4.78, 5) is 2.36. The molecular formula is C10H22N2O. The molecule has 1 heterocycles. The number of nitrogens with one attached hydrogen (secondary N) is 1. The monoisotopic (exact) mass is 186 g/mol. The summed E-state index contributed by atoms with van der Waals surface area (Å²) in [7, 11) is 2.17. The van der Waals surface area contributed by atoms with E-state index in [2.05, 4.69) is 24.2 Å². The Morgan fingerprint density at radius 2 is 2.38 bits per heavy atom. The van der Waals surface area contributed by atoms with Crippen LogP contribution in [-0.4, -0.2) is 50.3 Å². The van der Waals surface area contributed by atoms with Crippen LogP contribution in [-0.2, 0) is 4.74 Å². The van der Waals surface area contributed by atoms with Crippen LogP contribution in [0.25, 0.3) is 0 Å².